The van der Waals surface area contributed by atoms with Crippen LogP contribution < -0.4 is 18.9 Å². The molecule has 0 saturated heterocycles. The summed E-state index contributed by atoms with van der Waals surface area (Å²) in [5, 5.41) is 0. The van der Waals surface area contributed by atoms with Gasteiger partial charge in [0.05, 0.1) is 48.1 Å². The lowest BCUT2D eigenvalue weighted by Gasteiger charge is -2.30. The molecule has 0 fully saturated rings. The van der Waals surface area contributed by atoms with Crippen molar-refractivity contribution in [1.82, 2.24) is 15.0 Å². The normalized spacial score (nSPS) is 19.6. The Hall–Kier alpha value is -3.75. The van der Waals surface area contributed by atoms with Crippen LogP contribution in [0.25, 0.3) is 0 Å². The van der Waals surface area contributed by atoms with Gasteiger partial charge in [0.2, 0.25) is 5.75 Å². The zero-order chi connectivity index (χ0) is 28.7. The van der Waals surface area contributed by atoms with Crippen LogP contribution in [0.1, 0.15) is 49.1 Å². The van der Waals surface area contributed by atoms with Crippen LogP contribution in [-0.2, 0) is 24.1 Å². The highest BCUT2D eigenvalue weighted by atomic mass is 19.1. The number of fused-ring (bicyclic) bond motifs is 1. The molecule has 8 nitrogen and oxygen atoms in total. The van der Waals surface area contributed by atoms with Gasteiger partial charge < -0.3 is 18.9 Å². The largest absolute Gasteiger partial charge is 0.493 e. The maximum absolute atomic E-state index is 14.7. The molecule has 178 valence electrons. The first-order valence-electron chi connectivity index (χ1n) is 12.8. The predicted octanol–water partition coefficient (Wildman–Crippen LogP) is 3.50. The first-order chi connectivity index (χ1) is 18.3. The molecule has 3 aromatic rings. The van der Waals surface area contributed by atoms with E-state index in [2.05, 4.69) is 15.0 Å². The fourth-order valence-electron chi connectivity index (χ4n) is 3.54. The fraction of sp³-hybridized carbons (Fsp3) is 0.360. The van der Waals surface area contributed by atoms with Crippen molar-refractivity contribution in [1.29, 1.82) is 0 Å². The van der Waals surface area contributed by atoms with E-state index in [0.717, 1.165) is 13.1 Å². The summed E-state index contributed by atoms with van der Waals surface area (Å²) in [6.07, 6.45) is 0.532. The Labute approximate surface area is 204 Å². The average Bonchev–Trinajstić information content (AvgIpc) is 2.89. The highest BCUT2D eigenvalue weighted by molar-refractivity contribution is 5.90. The summed E-state index contributed by atoms with van der Waals surface area (Å²) in [7, 11) is 4.46. The van der Waals surface area contributed by atoms with Crippen LogP contribution in [-0.4, -0.2) is 47.7 Å². The van der Waals surface area contributed by atoms with Gasteiger partial charge in [0.1, 0.15) is 11.6 Å². The monoisotopic (exact) mass is 472 g/mol. The molecule has 4 rings (SSSR count). The molecule has 1 aromatic carbocycles. The number of carbonyl (C=O) groups is 1. The molecule has 1 aliphatic rings. The third-order valence-electron chi connectivity index (χ3n) is 5.31. The number of hydrogen-bond acceptors (Lipinski definition) is 8. The highest BCUT2D eigenvalue weighted by Gasteiger charge is 2.36. The van der Waals surface area contributed by atoms with E-state index in [4.69, 9.17) is 25.8 Å². The minimum absolute atomic E-state index is 0.0102. The van der Waals surface area contributed by atoms with Crippen LogP contribution in [0.3, 0.4) is 0 Å². The van der Waals surface area contributed by atoms with E-state index < -0.39 is 36.5 Å². The van der Waals surface area contributed by atoms with Crippen molar-refractivity contribution in [3.8, 4) is 23.0 Å². The topological polar surface area (TPSA) is 92.7 Å². The van der Waals surface area contributed by atoms with Crippen molar-refractivity contribution in [3.05, 3.63) is 64.7 Å². The number of ketones is 1. The van der Waals surface area contributed by atoms with Crippen molar-refractivity contribution in [2.75, 3.05) is 21.3 Å². The summed E-state index contributed by atoms with van der Waals surface area (Å²) < 4.78 is 76.1. The Morgan fingerprint density at radius 1 is 1.15 bits per heavy atom. The SMILES string of the molecule is [2H]c1c(Cc2nc(Cc3cc(OC)c(OC)c(OC)c3)ncc2F)nc2c(c1[2H])OC(C)(C([2H])([2H])[2H])C(=O)C2. The van der Waals surface area contributed by atoms with Crippen molar-refractivity contribution in [2.45, 2.75) is 38.6 Å². The molecule has 1 atom stereocenters. The average molecular weight is 473 g/mol. The first-order valence-corrected chi connectivity index (χ1v) is 10.3. The van der Waals surface area contributed by atoms with E-state index in [1.54, 1.807) is 12.1 Å². The second-order valence-corrected chi connectivity index (χ2v) is 7.79. The van der Waals surface area contributed by atoms with Gasteiger partial charge in [-0.2, -0.15) is 0 Å². The maximum Gasteiger partial charge on any atom is 0.203 e. The van der Waals surface area contributed by atoms with Gasteiger partial charge in [0.25, 0.3) is 0 Å². The minimum Gasteiger partial charge on any atom is -0.493 e. The van der Waals surface area contributed by atoms with Gasteiger partial charge in [0, 0.05) is 22.6 Å². The number of halogens is 1. The Morgan fingerprint density at radius 3 is 2.53 bits per heavy atom. The van der Waals surface area contributed by atoms with E-state index >= 15 is 0 Å². The van der Waals surface area contributed by atoms with Crippen LogP contribution in [0, 0.1) is 5.82 Å². The van der Waals surface area contributed by atoms with Crippen LogP contribution in [0.15, 0.2) is 30.4 Å². The number of rotatable bonds is 7. The Balaban J connectivity index is 1.66. The zero-order valence-corrected chi connectivity index (χ0v) is 19.1. The van der Waals surface area contributed by atoms with Gasteiger partial charge in [-0.3, -0.25) is 9.78 Å². The van der Waals surface area contributed by atoms with Crippen LogP contribution >= 0.6 is 0 Å². The molecule has 0 spiro atoms. The molecular formula is C25H26FN3O5. The van der Waals surface area contributed by atoms with Crippen LogP contribution in [0.5, 0.6) is 23.0 Å². The van der Waals surface area contributed by atoms with Crippen molar-refractivity contribution in [3.63, 3.8) is 0 Å². The smallest absolute Gasteiger partial charge is 0.203 e. The molecule has 3 heterocycles. The molecule has 0 N–H and O–H groups in total. The Kier molecular flexibility index (Phi) is 4.81. The molecule has 0 amide bonds. The first kappa shape index (κ1) is 17.7. The quantitative estimate of drug-likeness (QED) is 0.516. The van der Waals surface area contributed by atoms with E-state index in [0.29, 0.717) is 22.8 Å². The summed E-state index contributed by atoms with van der Waals surface area (Å²) in [4.78, 5) is 25.3. The summed E-state index contributed by atoms with van der Waals surface area (Å²) >= 11 is 0. The lowest BCUT2D eigenvalue weighted by Crippen LogP contribution is -2.43. The van der Waals surface area contributed by atoms with Gasteiger partial charge in [-0.05, 0) is 43.6 Å². The molecule has 0 bridgehead atoms. The number of aromatic nitrogens is 3. The molecule has 2 aromatic heterocycles. The fourth-order valence-corrected chi connectivity index (χ4v) is 3.54. The maximum atomic E-state index is 14.7. The van der Waals surface area contributed by atoms with Crippen LogP contribution in [0.4, 0.5) is 4.39 Å². The molecular weight excluding hydrogens is 441 g/mol. The Morgan fingerprint density at radius 2 is 1.88 bits per heavy atom. The van der Waals surface area contributed by atoms with E-state index in [9.17, 15) is 9.18 Å². The van der Waals surface area contributed by atoms with Crippen molar-refractivity contribution < 1.29 is 35.0 Å². The van der Waals surface area contributed by atoms with Gasteiger partial charge in [-0.15, -0.1) is 0 Å². The number of benzene rings is 1. The molecule has 0 saturated carbocycles. The molecule has 9 heteroatoms. The second-order valence-electron chi connectivity index (χ2n) is 7.79. The summed E-state index contributed by atoms with van der Waals surface area (Å²) in [6, 6.07) is 2.61. The summed E-state index contributed by atoms with van der Waals surface area (Å²) in [5.41, 5.74) is -1.51. The second kappa shape index (κ2) is 9.24. The number of carbonyl (C=O) groups excluding carboxylic acids is 1. The third-order valence-corrected chi connectivity index (χ3v) is 5.31. The predicted molar refractivity (Wildman–Crippen MR) is 121 cm³/mol. The van der Waals surface area contributed by atoms with Gasteiger partial charge in [-0.25, -0.2) is 14.4 Å². The standard InChI is InChI=1S/C25H26FN3O5/c1-25(2)22(30)12-18-19(34-25)7-6-15(28-18)11-17-16(26)13-27-23(29-17)10-14-8-20(31-3)24(33-5)21(9-14)32-4/h6-9,13H,10-12H2,1-5H3/i1D3,6D,7D. The number of hydrogen-bond donors (Lipinski definition) is 0. The van der Waals surface area contributed by atoms with E-state index in [1.165, 1.54) is 21.3 Å². The number of methoxy groups -OCH3 is 3. The summed E-state index contributed by atoms with van der Waals surface area (Å²) in [5.74, 6) is -0.167. The van der Waals surface area contributed by atoms with E-state index in [1.807, 2.05) is 0 Å². The minimum atomic E-state index is -2.78. The van der Waals surface area contributed by atoms with Crippen LogP contribution in [0.2, 0.25) is 0 Å². The van der Waals surface area contributed by atoms with Gasteiger partial charge >= 0.3 is 0 Å². The number of ether oxygens (including phenoxy) is 4. The molecule has 0 aliphatic carbocycles. The lowest BCUT2D eigenvalue weighted by molar-refractivity contribution is -0.132. The number of pyridine rings is 1. The van der Waals surface area contributed by atoms with Gasteiger partial charge in [0.15, 0.2) is 28.7 Å². The molecule has 1 unspecified atom stereocenters. The number of Topliss-reactive ketones (excluding diaryl/α,β-unsaturated/α-hetero) is 1. The third kappa shape index (κ3) is 4.64. The van der Waals surface area contributed by atoms with Crippen molar-refractivity contribution in [2.24, 2.45) is 0 Å². The molecule has 34 heavy (non-hydrogen) atoms. The molecule has 1 aliphatic heterocycles. The van der Waals surface area contributed by atoms with E-state index in [-0.39, 0.29) is 47.5 Å². The Bertz CT molecular complexity index is 1430. The zero-order valence-electron chi connectivity index (χ0n) is 24.1. The van der Waals surface area contributed by atoms with Gasteiger partial charge in [-0.1, -0.05) is 0 Å². The van der Waals surface area contributed by atoms with Crippen molar-refractivity contribution >= 4 is 5.78 Å². The highest BCUT2D eigenvalue weighted by Crippen LogP contribution is 2.38. The number of nitrogens with zero attached hydrogens (tertiary/aromatic N) is 3. The summed E-state index contributed by atoms with van der Waals surface area (Å²) in [6.45, 7) is -1.65. The molecule has 0 radical (unpaired) electrons. The lowest BCUT2D eigenvalue weighted by atomic mass is 9.95.